The Kier molecular flexibility index (Phi) is 4.08. The van der Waals surface area contributed by atoms with Crippen molar-refractivity contribution in [3.05, 3.63) is 0 Å². The molecule has 1 rings (SSSR count). The second-order valence-corrected chi connectivity index (χ2v) is 4.01. The number of likely N-dealkylation sites (tertiary alicyclic amines) is 1. The van der Waals surface area contributed by atoms with Crippen LogP contribution in [0.15, 0.2) is 0 Å². The molecule has 0 aromatic carbocycles. The molecule has 1 unspecified atom stereocenters. The highest BCUT2D eigenvalue weighted by Gasteiger charge is 2.32. The van der Waals surface area contributed by atoms with Crippen LogP contribution in [-0.4, -0.2) is 41.5 Å². The fourth-order valence-corrected chi connectivity index (χ4v) is 1.82. The molecule has 1 saturated heterocycles. The Labute approximate surface area is 89.2 Å². The van der Waals surface area contributed by atoms with E-state index in [1.807, 2.05) is 0 Å². The largest absolute Gasteiger partial charge is 0.396 e. The fraction of sp³-hybridized carbons (Fsp3) is 0.800. The smallest absolute Gasteiger partial charge is 0.228 e. The lowest BCUT2D eigenvalue weighted by molar-refractivity contribution is -0.141. The molecule has 0 radical (unpaired) electrons. The summed E-state index contributed by atoms with van der Waals surface area (Å²) in [5.41, 5.74) is 5.13. The predicted molar refractivity (Wildman–Crippen MR) is 54.7 cm³/mol. The van der Waals surface area contributed by atoms with E-state index < -0.39 is 17.7 Å². The van der Waals surface area contributed by atoms with E-state index in [0.717, 1.165) is 25.9 Å². The quantitative estimate of drug-likeness (QED) is 0.651. The maximum Gasteiger partial charge on any atom is 0.228 e. The van der Waals surface area contributed by atoms with Crippen molar-refractivity contribution in [1.29, 1.82) is 0 Å². The molecule has 0 saturated carbocycles. The average Bonchev–Trinajstić information content (AvgIpc) is 2.71. The van der Waals surface area contributed by atoms with Crippen molar-refractivity contribution in [3.8, 4) is 0 Å². The molecule has 1 fully saturated rings. The lowest BCUT2D eigenvalue weighted by atomic mass is 9.93. The van der Waals surface area contributed by atoms with E-state index in [9.17, 15) is 9.59 Å². The third-order valence-corrected chi connectivity index (χ3v) is 2.98. The van der Waals surface area contributed by atoms with Gasteiger partial charge in [0.2, 0.25) is 11.8 Å². The summed E-state index contributed by atoms with van der Waals surface area (Å²) in [6.45, 7) is 2.71. The lowest BCUT2D eigenvalue weighted by Gasteiger charge is -2.24. The van der Waals surface area contributed by atoms with Crippen molar-refractivity contribution in [3.63, 3.8) is 0 Å². The Morgan fingerprint density at radius 1 is 1.40 bits per heavy atom. The highest BCUT2D eigenvalue weighted by atomic mass is 16.3. The SMILES string of the molecule is CC(C(N)=O)[C@@H](CO)C(=O)N1CCCC1. The van der Waals surface area contributed by atoms with Crippen LogP contribution in [0.5, 0.6) is 0 Å². The van der Waals surface area contributed by atoms with Gasteiger partial charge >= 0.3 is 0 Å². The number of aliphatic hydroxyl groups excluding tert-OH is 1. The first-order valence-electron chi connectivity index (χ1n) is 5.27. The summed E-state index contributed by atoms with van der Waals surface area (Å²) < 4.78 is 0. The number of primary amides is 1. The second-order valence-electron chi connectivity index (χ2n) is 4.01. The highest BCUT2D eigenvalue weighted by Crippen LogP contribution is 2.17. The summed E-state index contributed by atoms with van der Waals surface area (Å²) in [5, 5.41) is 9.12. The first kappa shape index (κ1) is 12.0. The molecule has 0 spiro atoms. The molecule has 15 heavy (non-hydrogen) atoms. The van der Waals surface area contributed by atoms with Gasteiger partial charge in [0.15, 0.2) is 0 Å². The number of nitrogens with two attached hydrogens (primary N) is 1. The monoisotopic (exact) mass is 214 g/mol. The summed E-state index contributed by atoms with van der Waals surface area (Å²) in [6.07, 6.45) is 1.99. The molecule has 0 bridgehead atoms. The van der Waals surface area contributed by atoms with Gasteiger partial charge < -0.3 is 15.7 Å². The second kappa shape index (κ2) is 5.11. The number of amides is 2. The molecule has 3 N–H and O–H groups in total. The van der Waals surface area contributed by atoms with Crippen LogP contribution in [-0.2, 0) is 9.59 Å². The Balaban J connectivity index is 2.64. The van der Waals surface area contributed by atoms with Gasteiger partial charge in [-0.1, -0.05) is 6.92 Å². The molecule has 1 aliphatic heterocycles. The Morgan fingerprint density at radius 2 is 1.93 bits per heavy atom. The summed E-state index contributed by atoms with van der Waals surface area (Å²) in [5.74, 6) is -1.98. The van der Waals surface area contributed by atoms with Crippen molar-refractivity contribution >= 4 is 11.8 Å². The van der Waals surface area contributed by atoms with Gasteiger partial charge in [-0.05, 0) is 12.8 Å². The number of aliphatic hydroxyl groups is 1. The van der Waals surface area contributed by atoms with Gasteiger partial charge in [-0.25, -0.2) is 0 Å². The van der Waals surface area contributed by atoms with E-state index in [2.05, 4.69) is 0 Å². The maximum atomic E-state index is 11.9. The molecular weight excluding hydrogens is 196 g/mol. The molecule has 5 nitrogen and oxygen atoms in total. The first-order chi connectivity index (χ1) is 7.07. The molecule has 0 aliphatic carbocycles. The van der Waals surface area contributed by atoms with Gasteiger partial charge in [0.1, 0.15) is 0 Å². The summed E-state index contributed by atoms with van der Waals surface area (Å²) in [4.78, 5) is 24.5. The zero-order valence-corrected chi connectivity index (χ0v) is 8.98. The number of hydrogen-bond donors (Lipinski definition) is 2. The van der Waals surface area contributed by atoms with Crippen molar-refractivity contribution < 1.29 is 14.7 Å². The molecule has 1 aliphatic rings. The topological polar surface area (TPSA) is 83.6 Å². The lowest BCUT2D eigenvalue weighted by Crippen LogP contribution is -2.42. The Bertz CT molecular complexity index is 249. The van der Waals surface area contributed by atoms with Crippen LogP contribution in [0.3, 0.4) is 0 Å². The van der Waals surface area contributed by atoms with E-state index in [0.29, 0.717) is 0 Å². The van der Waals surface area contributed by atoms with Crippen LogP contribution in [0, 0.1) is 11.8 Å². The minimum Gasteiger partial charge on any atom is -0.396 e. The van der Waals surface area contributed by atoms with Gasteiger partial charge in [0, 0.05) is 19.0 Å². The summed E-state index contributed by atoms with van der Waals surface area (Å²) in [7, 11) is 0. The molecule has 5 heteroatoms. The van der Waals surface area contributed by atoms with Gasteiger partial charge in [-0.3, -0.25) is 9.59 Å². The Hall–Kier alpha value is -1.10. The maximum absolute atomic E-state index is 11.9. The van der Waals surface area contributed by atoms with E-state index in [1.165, 1.54) is 0 Å². The molecule has 2 atom stereocenters. The molecule has 1 heterocycles. The zero-order valence-electron chi connectivity index (χ0n) is 8.98. The number of carbonyl (C=O) groups is 2. The van der Waals surface area contributed by atoms with Gasteiger partial charge in [-0.15, -0.1) is 0 Å². The number of carbonyl (C=O) groups excluding carboxylic acids is 2. The van der Waals surface area contributed by atoms with Crippen LogP contribution in [0.4, 0.5) is 0 Å². The van der Waals surface area contributed by atoms with Crippen molar-refractivity contribution in [2.45, 2.75) is 19.8 Å². The molecular formula is C10H18N2O3. The van der Waals surface area contributed by atoms with E-state index in [1.54, 1.807) is 11.8 Å². The average molecular weight is 214 g/mol. The fourth-order valence-electron chi connectivity index (χ4n) is 1.82. The number of nitrogens with zero attached hydrogens (tertiary/aromatic N) is 1. The highest BCUT2D eigenvalue weighted by molar-refractivity contribution is 5.86. The van der Waals surface area contributed by atoms with Crippen LogP contribution in [0.25, 0.3) is 0 Å². The first-order valence-corrected chi connectivity index (χ1v) is 5.27. The van der Waals surface area contributed by atoms with Gasteiger partial charge in [-0.2, -0.15) is 0 Å². The van der Waals surface area contributed by atoms with E-state index >= 15 is 0 Å². The third-order valence-electron chi connectivity index (χ3n) is 2.98. The Morgan fingerprint density at radius 3 is 2.33 bits per heavy atom. The van der Waals surface area contributed by atoms with Crippen molar-refractivity contribution in [2.75, 3.05) is 19.7 Å². The number of rotatable bonds is 4. The van der Waals surface area contributed by atoms with Crippen LogP contribution in [0.1, 0.15) is 19.8 Å². The van der Waals surface area contributed by atoms with Crippen molar-refractivity contribution in [1.82, 2.24) is 4.90 Å². The van der Waals surface area contributed by atoms with Crippen molar-refractivity contribution in [2.24, 2.45) is 17.6 Å². The minimum atomic E-state index is -0.680. The normalized spacial score (nSPS) is 20.0. The third kappa shape index (κ3) is 2.68. The van der Waals surface area contributed by atoms with E-state index in [4.69, 9.17) is 10.8 Å². The van der Waals surface area contributed by atoms with Gasteiger partial charge in [0.25, 0.3) is 0 Å². The predicted octanol–water partition coefficient (Wildman–Crippen LogP) is -0.661. The van der Waals surface area contributed by atoms with Crippen LogP contribution < -0.4 is 5.73 Å². The minimum absolute atomic E-state index is 0.152. The van der Waals surface area contributed by atoms with Crippen LogP contribution >= 0.6 is 0 Å². The summed E-state index contributed by atoms with van der Waals surface area (Å²) in [6, 6.07) is 0. The molecule has 0 aromatic rings. The molecule has 86 valence electrons. The standard InChI is InChI=1S/C10H18N2O3/c1-7(9(11)14)8(6-13)10(15)12-4-2-3-5-12/h7-8,13H,2-6H2,1H3,(H2,11,14)/t7?,8-/m1/s1. The van der Waals surface area contributed by atoms with E-state index in [-0.39, 0.29) is 12.5 Å². The zero-order chi connectivity index (χ0) is 11.4. The van der Waals surface area contributed by atoms with Gasteiger partial charge in [0.05, 0.1) is 12.5 Å². The number of hydrogen-bond acceptors (Lipinski definition) is 3. The molecule has 2 amide bonds. The van der Waals surface area contributed by atoms with Crippen LogP contribution in [0.2, 0.25) is 0 Å². The molecule has 0 aromatic heterocycles. The summed E-state index contributed by atoms with van der Waals surface area (Å²) >= 11 is 0.